The van der Waals surface area contributed by atoms with Crippen LogP contribution in [0.25, 0.3) is 5.69 Å². The zero-order chi connectivity index (χ0) is 21.7. The zero-order valence-corrected chi connectivity index (χ0v) is 17.0. The third kappa shape index (κ3) is 5.33. The normalized spacial score (nSPS) is 15.2. The minimum absolute atomic E-state index is 0.0856. The van der Waals surface area contributed by atoms with Gasteiger partial charge < -0.3 is 10.2 Å². The largest absolute Gasteiger partial charge is 0.434 e. The number of carbonyl (C=O) groups is 2. The zero-order valence-electron chi connectivity index (χ0n) is 16.2. The molecule has 0 atom stereocenters. The van der Waals surface area contributed by atoms with Gasteiger partial charge in [0.1, 0.15) is 0 Å². The van der Waals surface area contributed by atoms with Gasteiger partial charge in [-0.3, -0.25) is 9.59 Å². The molecule has 2 heterocycles. The Morgan fingerprint density at radius 2 is 1.90 bits per heavy atom. The summed E-state index contributed by atoms with van der Waals surface area (Å²) >= 11 is 5.79. The highest BCUT2D eigenvalue weighted by Gasteiger charge is 2.40. The van der Waals surface area contributed by atoms with Crippen LogP contribution in [0.4, 0.5) is 13.2 Å². The van der Waals surface area contributed by atoms with Crippen molar-refractivity contribution in [3.05, 3.63) is 46.7 Å². The molecule has 1 aliphatic rings. The summed E-state index contributed by atoms with van der Waals surface area (Å²) in [6.45, 7) is 1.31. The first-order valence-electron chi connectivity index (χ1n) is 9.74. The Morgan fingerprint density at radius 1 is 1.17 bits per heavy atom. The van der Waals surface area contributed by atoms with Gasteiger partial charge in [0, 0.05) is 31.1 Å². The highest BCUT2D eigenvalue weighted by molar-refractivity contribution is 6.30. The van der Waals surface area contributed by atoms with E-state index in [1.54, 1.807) is 4.90 Å². The quantitative estimate of drug-likeness (QED) is 0.686. The van der Waals surface area contributed by atoms with Crippen LogP contribution >= 0.6 is 11.6 Å². The molecule has 1 saturated heterocycles. The molecule has 0 spiro atoms. The summed E-state index contributed by atoms with van der Waals surface area (Å²) in [4.78, 5) is 26.1. The highest BCUT2D eigenvalue weighted by atomic mass is 35.5. The molecule has 0 unspecified atom stereocenters. The lowest BCUT2D eigenvalue weighted by Gasteiger charge is -2.20. The van der Waals surface area contributed by atoms with Gasteiger partial charge in [-0.25, -0.2) is 4.68 Å². The Labute approximate surface area is 177 Å². The van der Waals surface area contributed by atoms with Gasteiger partial charge in [0.25, 0.3) is 5.91 Å². The van der Waals surface area contributed by atoms with Gasteiger partial charge in [-0.05, 0) is 43.5 Å². The van der Waals surface area contributed by atoms with E-state index in [0.717, 1.165) is 25.5 Å². The molecule has 1 aliphatic heterocycles. The van der Waals surface area contributed by atoms with Crippen molar-refractivity contribution in [2.75, 3.05) is 19.6 Å². The van der Waals surface area contributed by atoms with Crippen molar-refractivity contribution in [3.63, 3.8) is 0 Å². The number of aromatic nitrogens is 2. The van der Waals surface area contributed by atoms with Gasteiger partial charge in [-0.2, -0.15) is 18.3 Å². The van der Waals surface area contributed by atoms with E-state index in [1.807, 2.05) is 0 Å². The van der Waals surface area contributed by atoms with E-state index in [9.17, 15) is 22.8 Å². The molecule has 0 radical (unpaired) electrons. The maximum atomic E-state index is 13.7. The number of hydrogen-bond donors (Lipinski definition) is 1. The molecule has 2 amide bonds. The molecule has 1 aromatic carbocycles. The lowest BCUT2D eigenvalue weighted by Crippen LogP contribution is -2.34. The number of nitrogens with zero attached hydrogens (tertiary/aromatic N) is 3. The van der Waals surface area contributed by atoms with Gasteiger partial charge in [0.15, 0.2) is 5.69 Å². The van der Waals surface area contributed by atoms with Crippen LogP contribution < -0.4 is 5.32 Å². The van der Waals surface area contributed by atoms with Gasteiger partial charge in [-0.1, -0.05) is 18.0 Å². The first-order valence-corrected chi connectivity index (χ1v) is 10.1. The smallest absolute Gasteiger partial charge is 0.352 e. The molecular weight excluding hydrogens is 421 g/mol. The Hall–Kier alpha value is -2.55. The van der Waals surface area contributed by atoms with E-state index < -0.39 is 23.3 Å². The van der Waals surface area contributed by atoms with Crippen LogP contribution in [-0.2, 0) is 11.0 Å². The molecule has 30 heavy (non-hydrogen) atoms. The Balaban J connectivity index is 1.67. The first kappa shape index (κ1) is 22.1. The van der Waals surface area contributed by atoms with Crippen LogP contribution in [0.3, 0.4) is 0 Å². The second kappa shape index (κ2) is 9.51. The molecule has 0 saturated carbocycles. The van der Waals surface area contributed by atoms with Crippen molar-refractivity contribution >= 4 is 23.4 Å². The average Bonchev–Trinajstić information content (AvgIpc) is 3.05. The summed E-state index contributed by atoms with van der Waals surface area (Å²) in [7, 11) is 0. The predicted octanol–water partition coefficient (Wildman–Crippen LogP) is 4.07. The molecule has 3 rings (SSSR count). The highest BCUT2D eigenvalue weighted by Crippen LogP contribution is 2.33. The number of alkyl halides is 3. The molecule has 1 N–H and O–H groups in total. The Bertz CT molecular complexity index is 896. The third-order valence-corrected chi connectivity index (χ3v) is 5.17. The third-order valence-electron chi connectivity index (χ3n) is 4.92. The number of carbonyl (C=O) groups excluding carboxylic acids is 2. The van der Waals surface area contributed by atoms with Crippen molar-refractivity contribution in [1.29, 1.82) is 0 Å². The number of amides is 2. The van der Waals surface area contributed by atoms with Crippen molar-refractivity contribution in [1.82, 2.24) is 20.0 Å². The van der Waals surface area contributed by atoms with E-state index in [-0.39, 0.29) is 18.1 Å². The summed E-state index contributed by atoms with van der Waals surface area (Å²) in [5.41, 5.74) is -1.56. The van der Waals surface area contributed by atoms with Crippen LogP contribution in [0.5, 0.6) is 0 Å². The number of benzene rings is 1. The van der Waals surface area contributed by atoms with E-state index in [1.165, 1.54) is 24.3 Å². The minimum Gasteiger partial charge on any atom is -0.352 e. The van der Waals surface area contributed by atoms with E-state index in [2.05, 4.69) is 10.4 Å². The number of halogens is 4. The van der Waals surface area contributed by atoms with Crippen molar-refractivity contribution in [3.8, 4) is 5.69 Å². The molecular formula is C20H22ClF3N4O2. The summed E-state index contributed by atoms with van der Waals surface area (Å²) in [6, 6.07) is 5.68. The fraction of sp³-hybridized carbons (Fsp3) is 0.450. The fourth-order valence-corrected chi connectivity index (χ4v) is 3.53. The van der Waals surface area contributed by atoms with Gasteiger partial charge in [0.05, 0.1) is 17.4 Å². The van der Waals surface area contributed by atoms with Crippen molar-refractivity contribution in [2.45, 2.75) is 38.3 Å². The molecule has 162 valence electrons. The molecule has 10 heteroatoms. The maximum Gasteiger partial charge on any atom is 0.434 e. The summed E-state index contributed by atoms with van der Waals surface area (Å²) < 4.78 is 41.7. The topological polar surface area (TPSA) is 67.2 Å². The number of rotatable bonds is 6. The molecule has 0 aliphatic carbocycles. The van der Waals surface area contributed by atoms with Gasteiger partial charge >= 0.3 is 6.18 Å². The fourth-order valence-electron chi connectivity index (χ4n) is 3.41. The van der Waals surface area contributed by atoms with Crippen LogP contribution in [0.1, 0.15) is 48.2 Å². The standard InChI is InChI=1S/C20H22ClF3N4O2/c21-14-6-8-15(9-7-14)28-18(20(22,23)24)16(13-26-28)19(30)25-10-4-12-27-11-3-1-2-5-17(27)29/h6-9,13H,1-5,10-12H2,(H,25,30). The number of hydrogen-bond acceptors (Lipinski definition) is 3. The average molecular weight is 443 g/mol. The Kier molecular flexibility index (Phi) is 7.02. The minimum atomic E-state index is -4.78. The van der Waals surface area contributed by atoms with Crippen molar-refractivity contribution in [2.24, 2.45) is 0 Å². The van der Waals surface area contributed by atoms with Crippen LogP contribution in [-0.4, -0.2) is 46.1 Å². The van der Waals surface area contributed by atoms with E-state index >= 15 is 0 Å². The SMILES string of the molecule is O=C(NCCCN1CCCCCC1=O)c1cnn(-c2ccc(Cl)cc2)c1C(F)(F)F. The van der Waals surface area contributed by atoms with Gasteiger partial charge in [0.2, 0.25) is 5.91 Å². The molecule has 6 nitrogen and oxygen atoms in total. The number of nitrogens with one attached hydrogen (secondary N) is 1. The maximum absolute atomic E-state index is 13.7. The van der Waals surface area contributed by atoms with Crippen molar-refractivity contribution < 1.29 is 22.8 Å². The monoisotopic (exact) mass is 442 g/mol. The Morgan fingerprint density at radius 3 is 2.60 bits per heavy atom. The molecule has 1 aromatic heterocycles. The van der Waals surface area contributed by atoms with Gasteiger partial charge in [-0.15, -0.1) is 0 Å². The van der Waals surface area contributed by atoms with E-state index in [0.29, 0.717) is 35.6 Å². The molecule has 0 bridgehead atoms. The molecule has 2 aromatic rings. The molecule has 1 fully saturated rings. The second-order valence-electron chi connectivity index (χ2n) is 7.09. The lowest BCUT2D eigenvalue weighted by atomic mass is 10.2. The van der Waals surface area contributed by atoms with Crippen LogP contribution in [0.2, 0.25) is 5.02 Å². The number of likely N-dealkylation sites (tertiary alicyclic amines) is 1. The first-order chi connectivity index (χ1) is 14.3. The summed E-state index contributed by atoms with van der Waals surface area (Å²) in [5.74, 6) is -0.771. The summed E-state index contributed by atoms with van der Waals surface area (Å²) in [5, 5.41) is 6.64. The second-order valence-corrected chi connectivity index (χ2v) is 7.53. The van der Waals surface area contributed by atoms with E-state index in [4.69, 9.17) is 11.6 Å². The van der Waals surface area contributed by atoms with Crippen LogP contribution in [0, 0.1) is 0 Å². The van der Waals surface area contributed by atoms with Crippen LogP contribution in [0.15, 0.2) is 30.5 Å². The summed E-state index contributed by atoms with van der Waals surface area (Å²) in [6.07, 6.45) is -0.0562. The lowest BCUT2D eigenvalue weighted by molar-refractivity contribution is -0.143. The predicted molar refractivity (Wildman–Crippen MR) is 106 cm³/mol.